The van der Waals surface area contributed by atoms with Gasteiger partial charge >= 0.3 is 0 Å². The quantitative estimate of drug-likeness (QED) is 0.417. The first-order chi connectivity index (χ1) is 12.1. The highest BCUT2D eigenvalue weighted by atomic mass is 32.1. The summed E-state index contributed by atoms with van der Waals surface area (Å²) in [6.45, 7) is 0. The molecule has 8 heteroatoms. The second-order valence-corrected chi connectivity index (χ2v) is 6.24. The summed E-state index contributed by atoms with van der Waals surface area (Å²) in [6.07, 6.45) is 0. The minimum Gasteiger partial charge on any atom is -0.269 e. The summed E-state index contributed by atoms with van der Waals surface area (Å²) in [5.41, 5.74) is 0.721. The molecule has 25 heavy (non-hydrogen) atoms. The van der Waals surface area contributed by atoms with Crippen LogP contribution in [-0.2, 0) is 0 Å². The van der Waals surface area contributed by atoms with Crippen molar-refractivity contribution in [2.75, 3.05) is 0 Å². The normalized spacial score (nSPS) is 10.9. The van der Waals surface area contributed by atoms with Gasteiger partial charge in [-0.1, -0.05) is 53.8 Å². The number of aromatic nitrogens is 3. The second kappa shape index (κ2) is 5.91. The molecular formula is C17H10N4O3S. The molecule has 0 saturated carbocycles. The maximum absolute atomic E-state index is 12.6. The van der Waals surface area contributed by atoms with Crippen molar-refractivity contribution >= 4 is 22.0 Å². The van der Waals surface area contributed by atoms with Crippen LogP contribution in [0.4, 0.5) is 5.69 Å². The zero-order valence-corrected chi connectivity index (χ0v) is 13.5. The van der Waals surface area contributed by atoms with Crippen molar-refractivity contribution in [3.05, 3.63) is 81.1 Å². The Kier molecular flexibility index (Phi) is 3.58. The van der Waals surface area contributed by atoms with E-state index < -0.39 is 4.92 Å². The molecule has 0 bridgehead atoms. The van der Waals surface area contributed by atoms with Gasteiger partial charge in [-0.05, 0) is 11.6 Å². The first-order valence-corrected chi connectivity index (χ1v) is 8.15. The van der Waals surface area contributed by atoms with E-state index in [1.807, 2.05) is 30.3 Å². The molecule has 7 nitrogen and oxygen atoms in total. The summed E-state index contributed by atoms with van der Waals surface area (Å²) in [4.78, 5) is 24.5. The van der Waals surface area contributed by atoms with Crippen LogP contribution >= 0.6 is 11.3 Å². The molecule has 0 saturated heterocycles. The van der Waals surface area contributed by atoms with Gasteiger partial charge in [0.05, 0.1) is 10.5 Å². The van der Waals surface area contributed by atoms with E-state index in [-0.39, 0.29) is 22.6 Å². The number of nitro benzene ring substituents is 1. The highest BCUT2D eigenvalue weighted by Gasteiger charge is 2.21. The van der Waals surface area contributed by atoms with Crippen molar-refractivity contribution in [1.29, 1.82) is 0 Å². The van der Waals surface area contributed by atoms with Crippen LogP contribution in [0.2, 0.25) is 0 Å². The number of fused-ring (bicyclic) bond motifs is 1. The van der Waals surface area contributed by atoms with Crippen LogP contribution in [0.25, 0.3) is 26.8 Å². The monoisotopic (exact) mass is 350 g/mol. The van der Waals surface area contributed by atoms with E-state index in [1.165, 1.54) is 27.9 Å². The van der Waals surface area contributed by atoms with E-state index in [0.717, 1.165) is 10.4 Å². The fourth-order valence-corrected chi connectivity index (χ4v) is 3.54. The average Bonchev–Trinajstić information content (AvgIpc) is 3.07. The number of hydrogen-bond donors (Lipinski definition) is 0. The van der Waals surface area contributed by atoms with Crippen LogP contribution in [0.5, 0.6) is 0 Å². The maximum Gasteiger partial charge on any atom is 0.280 e. The zero-order chi connectivity index (χ0) is 17.4. The van der Waals surface area contributed by atoms with Crippen molar-refractivity contribution in [1.82, 2.24) is 14.6 Å². The molecule has 122 valence electrons. The van der Waals surface area contributed by atoms with E-state index in [4.69, 9.17) is 0 Å². The topological polar surface area (TPSA) is 90.4 Å². The smallest absolute Gasteiger partial charge is 0.269 e. The van der Waals surface area contributed by atoms with Crippen molar-refractivity contribution in [2.45, 2.75) is 0 Å². The molecule has 0 fully saturated rings. The zero-order valence-electron chi connectivity index (χ0n) is 12.7. The Labute approximate surface area is 145 Å². The van der Waals surface area contributed by atoms with Gasteiger partial charge in [-0.2, -0.15) is 0 Å². The summed E-state index contributed by atoms with van der Waals surface area (Å²) in [6, 6.07) is 17.1. The number of rotatable bonds is 3. The van der Waals surface area contributed by atoms with Crippen LogP contribution < -0.4 is 5.56 Å². The van der Waals surface area contributed by atoms with Crippen molar-refractivity contribution in [2.24, 2.45) is 0 Å². The van der Waals surface area contributed by atoms with E-state index >= 15 is 0 Å². The van der Waals surface area contributed by atoms with Crippen LogP contribution in [0.15, 0.2) is 65.5 Å². The number of para-hydroxylation sites is 1. The lowest BCUT2D eigenvalue weighted by Gasteiger charge is -2.03. The standard InChI is InChI=1S/C17H10N4O3S/c22-15-10-14(11-6-2-1-3-7-11)25-17-19-18-16(20(15)17)12-8-4-5-9-13(12)21(23)24/h1-10H. The molecule has 0 radical (unpaired) electrons. The first kappa shape index (κ1) is 15.2. The second-order valence-electron chi connectivity index (χ2n) is 5.23. The fraction of sp³-hybridized carbons (Fsp3) is 0. The average molecular weight is 350 g/mol. The van der Waals surface area contributed by atoms with Crippen molar-refractivity contribution in [3.63, 3.8) is 0 Å². The molecule has 4 rings (SSSR count). The molecule has 2 aromatic heterocycles. The maximum atomic E-state index is 12.6. The van der Waals surface area contributed by atoms with Gasteiger partial charge in [0.2, 0.25) is 4.96 Å². The molecule has 0 unspecified atom stereocenters. The highest BCUT2D eigenvalue weighted by Crippen LogP contribution is 2.30. The molecule has 0 N–H and O–H groups in total. The molecule has 0 aliphatic heterocycles. The van der Waals surface area contributed by atoms with Gasteiger partial charge in [0.1, 0.15) is 0 Å². The van der Waals surface area contributed by atoms with Crippen molar-refractivity contribution < 1.29 is 4.92 Å². The van der Waals surface area contributed by atoms with E-state index in [1.54, 1.807) is 18.2 Å². The van der Waals surface area contributed by atoms with E-state index in [9.17, 15) is 14.9 Å². The molecule has 0 aliphatic carbocycles. The Balaban J connectivity index is 1.95. The fourth-order valence-electron chi connectivity index (χ4n) is 2.58. The summed E-state index contributed by atoms with van der Waals surface area (Å²) >= 11 is 1.30. The van der Waals surface area contributed by atoms with Crippen LogP contribution in [-0.4, -0.2) is 19.5 Å². The van der Waals surface area contributed by atoms with Crippen LogP contribution in [0, 0.1) is 10.1 Å². The molecule has 0 amide bonds. The Morgan fingerprint density at radius 1 is 1.00 bits per heavy atom. The minimum atomic E-state index is -0.497. The third-order valence-electron chi connectivity index (χ3n) is 3.71. The minimum absolute atomic E-state index is 0.117. The predicted molar refractivity (Wildman–Crippen MR) is 94.7 cm³/mol. The SMILES string of the molecule is O=c1cc(-c2ccccc2)sc2nnc(-c3ccccc3[N+](=O)[O-])n12. The number of nitrogens with zero attached hydrogens (tertiary/aromatic N) is 4. The molecule has 0 aliphatic rings. The number of hydrogen-bond acceptors (Lipinski definition) is 6. The molecule has 2 aromatic carbocycles. The van der Waals surface area contributed by atoms with Gasteiger partial charge < -0.3 is 0 Å². The largest absolute Gasteiger partial charge is 0.280 e. The lowest BCUT2D eigenvalue weighted by Crippen LogP contribution is -2.12. The summed E-state index contributed by atoms with van der Waals surface area (Å²) in [5.74, 6) is 0.170. The van der Waals surface area contributed by atoms with E-state index in [0.29, 0.717) is 4.96 Å². The Hall–Kier alpha value is -3.39. The molecular weight excluding hydrogens is 340 g/mol. The number of nitro groups is 1. The highest BCUT2D eigenvalue weighted by molar-refractivity contribution is 7.19. The van der Waals surface area contributed by atoms with Gasteiger partial charge in [0.15, 0.2) is 5.82 Å². The molecule has 2 heterocycles. The lowest BCUT2D eigenvalue weighted by atomic mass is 10.1. The van der Waals surface area contributed by atoms with Crippen LogP contribution in [0.3, 0.4) is 0 Å². The Bertz CT molecular complexity index is 1150. The summed E-state index contributed by atoms with van der Waals surface area (Å²) in [5, 5.41) is 19.3. The van der Waals surface area contributed by atoms with Crippen molar-refractivity contribution in [3.8, 4) is 21.8 Å². The third-order valence-corrected chi connectivity index (χ3v) is 4.73. The van der Waals surface area contributed by atoms with Crippen LogP contribution in [0.1, 0.15) is 0 Å². The molecule has 0 spiro atoms. The molecule has 0 atom stereocenters. The summed E-state index contributed by atoms with van der Waals surface area (Å²) in [7, 11) is 0. The van der Waals surface area contributed by atoms with Gasteiger partial charge in [-0.15, -0.1) is 10.2 Å². The predicted octanol–water partition coefficient (Wildman–Crippen LogP) is 3.39. The van der Waals surface area contributed by atoms with Gasteiger partial charge in [0, 0.05) is 17.0 Å². The third kappa shape index (κ3) is 2.58. The first-order valence-electron chi connectivity index (χ1n) is 7.33. The molecule has 4 aromatic rings. The van der Waals surface area contributed by atoms with Gasteiger partial charge in [-0.25, -0.2) is 4.40 Å². The number of benzene rings is 2. The lowest BCUT2D eigenvalue weighted by molar-refractivity contribution is -0.384. The Morgan fingerprint density at radius 3 is 2.48 bits per heavy atom. The van der Waals surface area contributed by atoms with E-state index in [2.05, 4.69) is 10.2 Å². The Morgan fingerprint density at radius 2 is 1.72 bits per heavy atom. The van der Waals surface area contributed by atoms with Gasteiger partial charge in [-0.3, -0.25) is 14.9 Å². The summed E-state index contributed by atoms with van der Waals surface area (Å²) < 4.78 is 1.30. The van der Waals surface area contributed by atoms with Gasteiger partial charge in [0.25, 0.3) is 11.2 Å².